The van der Waals surface area contributed by atoms with E-state index in [1.807, 2.05) is 22.8 Å². The fourth-order valence-electron chi connectivity index (χ4n) is 2.25. The van der Waals surface area contributed by atoms with Gasteiger partial charge in [-0.1, -0.05) is 6.92 Å². The number of nitrogens with one attached hydrogen (secondary N) is 1. The molecule has 0 aromatic carbocycles. The first-order valence-electron chi connectivity index (χ1n) is 5.80. The van der Waals surface area contributed by atoms with Crippen LogP contribution in [0.2, 0.25) is 0 Å². The van der Waals surface area contributed by atoms with Gasteiger partial charge in [-0.2, -0.15) is 4.98 Å². The lowest BCUT2D eigenvalue weighted by Gasteiger charge is -2.32. The van der Waals surface area contributed by atoms with E-state index in [-0.39, 0.29) is 0 Å². The molecule has 4 heteroatoms. The number of nitrogens with zero attached hydrogens (tertiary/aromatic N) is 3. The van der Waals surface area contributed by atoms with Crippen LogP contribution in [-0.2, 0) is 0 Å². The molecule has 4 nitrogen and oxygen atoms in total. The molecule has 0 atom stereocenters. The van der Waals surface area contributed by atoms with Gasteiger partial charge in [-0.15, -0.1) is 5.10 Å². The zero-order chi connectivity index (χ0) is 11.1. The average Bonchev–Trinajstić information content (AvgIpc) is 2.57. The summed E-state index contributed by atoms with van der Waals surface area (Å²) < 4.78 is 1.82. The van der Waals surface area contributed by atoms with Gasteiger partial charge in [0.05, 0.1) is 0 Å². The summed E-state index contributed by atoms with van der Waals surface area (Å²) in [5.41, 5.74) is 2.12. The van der Waals surface area contributed by atoms with E-state index in [9.17, 15) is 0 Å². The second-order valence-corrected chi connectivity index (χ2v) is 4.86. The van der Waals surface area contributed by atoms with E-state index in [0.29, 0.717) is 6.04 Å². The maximum absolute atomic E-state index is 4.46. The molecule has 0 unspecified atom stereocenters. The maximum Gasteiger partial charge on any atom is 0.243 e. The van der Waals surface area contributed by atoms with Crippen molar-refractivity contribution < 1.29 is 0 Å². The van der Waals surface area contributed by atoms with Crippen LogP contribution in [0, 0.1) is 12.8 Å². The molecule has 1 fully saturated rings. The Labute approximate surface area is 94.7 Å². The predicted octanol–water partition coefficient (Wildman–Crippen LogP) is 2.25. The number of anilines is 1. The predicted molar refractivity (Wildman–Crippen MR) is 63.5 cm³/mol. The number of rotatable bonds is 2. The van der Waals surface area contributed by atoms with Gasteiger partial charge in [-0.05, 0) is 43.4 Å². The fourth-order valence-corrected chi connectivity index (χ4v) is 2.25. The van der Waals surface area contributed by atoms with Crippen molar-refractivity contribution in [3.05, 3.63) is 23.9 Å². The van der Waals surface area contributed by atoms with Crippen LogP contribution in [0.5, 0.6) is 0 Å². The first-order valence-corrected chi connectivity index (χ1v) is 5.80. The van der Waals surface area contributed by atoms with Gasteiger partial charge < -0.3 is 5.32 Å². The van der Waals surface area contributed by atoms with Gasteiger partial charge in [0.1, 0.15) is 0 Å². The van der Waals surface area contributed by atoms with Crippen LogP contribution in [0.15, 0.2) is 18.3 Å². The normalized spacial score (nSPS) is 24.4. The summed E-state index contributed by atoms with van der Waals surface area (Å²) in [4.78, 5) is 4.46. The Morgan fingerprint density at radius 1 is 1.44 bits per heavy atom. The van der Waals surface area contributed by atoms with Crippen LogP contribution in [0.3, 0.4) is 0 Å². The highest BCUT2D eigenvalue weighted by Gasteiger charge is 2.25. The zero-order valence-corrected chi connectivity index (χ0v) is 9.64. The fraction of sp³-hybridized carbons (Fsp3) is 0.500. The molecule has 1 aliphatic carbocycles. The molecule has 0 bridgehead atoms. The summed E-state index contributed by atoms with van der Waals surface area (Å²) in [7, 11) is 0. The summed E-state index contributed by atoms with van der Waals surface area (Å²) >= 11 is 0. The lowest BCUT2D eigenvalue weighted by Crippen LogP contribution is -2.34. The summed E-state index contributed by atoms with van der Waals surface area (Å²) in [5.74, 6) is 1.60. The summed E-state index contributed by atoms with van der Waals surface area (Å²) in [6.45, 7) is 4.34. The number of hydrogen-bond acceptors (Lipinski definition) is 3. The largest absolute Gasteiger partial charge is 0.350 e. The highest BCUT2D eigenvalue weighted by atomic mass is 15.3. The minimum absolute atomic E-state index is 0.563. The molecule has 0 spiro atoms. The first kappa shape index (κ1) is 9.63. The second-order valence-electron chi connectivity index (χ2n) is 4.86. The summed E-state index contributed by atoms with van der Waals surface area (Å²) in [6, 6.07) is 4.65. The van der Waals surface area contributed by atoms with Crippen molar-refractivity contribution in [1.82, 2.24) is 14.6 Å². The van der Waals surface area contributed by atoms with Gasteiger partial charge in [0.2, 0.25) is 5.95 Å². The Morgan fingerprint density at radius 2 is 2.25 bits per heavy atom. The van der Waals surface area contributed by atoms with Crippen LogP contribution >= 0.6 is 0 Å². The third-order valence-corrected chi connectivity index (χ3v) is 3.20. The molecule has 0 aliphatic heterocycles. The highest BCUT2D eigenvalue weighted by Crippen LogP contribution is 2.28. The molecular weight excluding hydrogens is 200 g/mol. The van der Waals surface area contributed by atoms with Crippen molar-refractivity contribution in [2.24, 2.45) is 5.92 Å². The van der Waals surface area contributed by atoms with Crippen LogP contribution in [-0.4, -0.2) is 20.6 Å². The molecule has 2 heterocycles. The third-order valence-electron chi connectivity index (χ3n) is 3.20. The standard InChI is InChI=1S/C12H16N4/c1-8-3-4-16-11(7-8)14-12(15-16)13-10-5-9(2)6-10/h3-4,7,9-10H,5-6H2,1-2H3,(H,13,15). The zero-order valence-electron chi connectivity index (χ0n) is 9.64. The Morgan fingerprint density at radius 3 is 3.00 bits per heavy atom. The van der Waals surface area contributed by atoms with Crippen LogP contribution < -0.4 is 5.32 Å². The van der Waals surface area contributed by atoms with E-state index >= 15 is 0 Å². The second kappa shape index (κ2) is 3.47. The molecule has 0 radical (unpaired) electrons. The van der Waals surface area contributed by atoms with Gasteiger partial charge in [0, 0.05) is 12.2 Å². The lowest BCUT2D eigenvalue weighted by atomic mass is 9.82. The van der Waals surface area contributed by atoms with Crippen molar-refractivity contribution in [2.75, 3.05) is 5.32 Å². The van der Waals surface area contributed by atoms with Crippen molar-refractivity contribution in [2.45, 2.75) is 32.7 Å². The first-order chi connectivity index (χ1) is 7.70. The van der Waals surface area contributed by atoms with E-state index in [0.717, 1.165) is 17.5 Å². The molecule has 1 aliphatic rings. The molecule has 1 N–H and O–H groups in total. The Hall–Kier alpha value is -1.58. The minimum Gasteiger partial charge on any atom is -0.350 e. The summed E-state index contributed by atoms with van der Waals surface area (Å²) in [5, 5.41) is 7.77. The van der Waals surface area contributed by atoms with Gasteiger partial charge in [-0.3, -0.25) is 0 Å². The number of pyridine rings is 1. The van der Waals surface area contributed by atoms with Crippen molar-refractivity contribution in [1.29, 1.82) is 0 Å². The van der Waals surface area contributed by atoms with Crippen molar-refractivity contribution >= 4 is 11.6 Å². The van der Waals surface area contributed by atoms with Gasteiger partial charge >= 0.3 is 0 Å². The molecule has 0 amide bonds. The van der Waals surface area contributed by atoms with Crippen molar-refractivity contribution in [3.63, 3.8) is 0 Å². The topological polar surface area (TPSA) is 42.2 Å². The summed E-state index contributed by atoms with van der Waals surface area (Å²) in [6.07, 6.45) is 4.41. The Balaban J connectivity index is 1.82. The molecule has 3 rings (SSSR count). The molecular formula is C12H16N4. The average molecular weight is 216 g/mol. The van der Waals surface area contributed by atoms with E-state index < -0.39 is 0 Å². The maximum atomic E-state index is 4.46. The van der Waals surface area contributed by atoms with E-state index in [1.54, 1.807) is 0 Å². The molecule has 2 aromatic heterocycles. The lowest BCUT2D eigenvalue weighted by molar-refractivity contribution is 0.308. The van der Waals surface area contributed by atoms with Gasteiger partial charge in [0.15, 0.2) is 5.65 Å². The van der Waals surface area contributed by atoms with Crippen molar-refractivity contribution in [3.8, 4) is 0 Å². The Kier molecular flexibility index (Phi) is 2.09. The Bertz CT molecular complexity index is 511. The number of aryl methyl sites for hydroxylation is 1. The molecule has 1 saturated carbocycles. The highest BCUT2D eigenvalue weighted by molar-refractivity contribution is 5.45. The smallest absolute Gasteiger partial charge is 0.243 e. The van der Waals surface area contributed by atoms with Crippen LogP contribution in [0.4, 0.5) is 5.95 Å². The quantitative estimate of drug-likeness (QED) is 0.837. The third kappa shape index (κ3) is 1.64. The van der Waals surface area contributed by atoms with Crippen LogP contribution in [0.25, 0.3) is 5.65 Å². The SMILES string of the molecule is Cc1ccn2nc(NC3CC(C)C3)nc2c1. The minimum atomic E-state index is 0.563. The van der Waals surface area contributed by atoms with E-state index in [4.69, 9.17) is 0 Å². The van der Waals surface area contributed by atoms with Gasteiger partial charge in [0.25, 0.3) is 0 Å². The van der Waals surface area contributed by atoms with E-state index in [2.05, 4.69) is 29.2 Å². The van der Waals surface area contributed by atoms with Crippen LogP contribution in [0.1, 0.15) is 25.3 Å². The molecule has 84 valence electrons. The van der Waals surface area contributed by atoms with E-state index in [1.165, 1.54) is 18.4 Å². The molecule has 0 saturated heterocycles. The number of hydrogen-bond donors (Lipinski definition) is 1. The number of fused-ring (bicyclic) bond motifs is 1. The molecule has 16 heavy (non-hydrogen) atoms. The monoisotopic (exact) mass is 216 g/mol. The molecule has 2 aromatic rings. The van der Waals surface area contributed by atoms with Gasteiger partial charge in [-0.25, -0.2) is 4.52 Å². The number of aromatic nitrogens is 3.